The summed E-state index contributed by atoms with van der Waals surface area (Å²) in [5.41, 5.74) is 2.42. The molecule has 19 heavy (non-hydrogen) atoms. The highest BCUT2D eigenvalue weighted by molar-refractivity contribution is 6.18. The zero-order valence-electron chi connectivity index (χ0n) is 10.6. The second-order valence-electron chi connectivity index (χ2n) is 4.75. The molecular formula is C15H15ClO3. The molecule has 3 rings (SSSR count). The van der Waals surface area contributed by atoms with E-state index in [4.69, 9.17) is 20.8 Å². The Bertz CT molecular complexity index is 660. The van der Waals surface area contributed by atoms with E-state index in [1.807, 2.05) is 12.1 Å². The first kappa shape index (κ1) is 12.5. The van der Waals surface area contributed by atoms with Crippen LogP contribution in [0.3, 0.4) is 0 Å². The summed E-state index contributed by atoms with van der Waals surface area (Å²) in [6.07, 6.45) is 3.99. The summed E-state index contributed by atoms with van der Waals surface area (Å²) in [5, 5.41) is 1.03. The molecule has 0 aliphatic heterocycles. The number of aryl methyl sites for hydroxylation is 1. The second kappa shape index (κ2) is 5.25. The lowest BCUT2D eigenvalue weighted by molar-refractivity contribution is 0.342. The van der Waals surface area contributed by atoms with E-state index in [0.29, 0.717) is 23.8 Å². The maximum absolute atomic E-state index is 12.0. The minimum atomic E-state index is -0.198. The Balaban J connectivity index is 2.12. The van der Waals surface area contributed by atoms with Crippen LogP contribution in [0.5, 0.6) is 5.75 Å². The lowest BCUT2D eigenvalue weighted by atomic mass is 9.91. The summed E-state index contributed by atoms with van der Waals surface area (Å²) < 4.78 is 10.9. The minimum absolute atomic E-state index is 0.198. The van der Waals surface area contributed by atoms with Crippen molar-refractivity contribution < 1.29 is 9.15 Å². The third-order valence-electron chi connectivity index (χ3n) is 3.54. The third-order valence-corrected chi connectivity index (χ3v) is 3.70. The summed E-state index contributed by atoms with van der Waals surface area (Å²) in [6.45, 7) is 0.447. The lowest BCUT2D eigenvalue weighted by Gasteiger charge is -2.16. The molecule has 2 aromatic rings. The zero-order chi connectivity index (χ0) is 13.2. The SMILES string of the molecule is O=c1oc2cc(OCCCl)ccc2c2c1CCCC2. The maximum atomic E-state index is 12.0. The van der Waals surface area contributed by atoms with Gasteiger partial charge in [0.25, 0.3) is 0 Å². The molecule has 0 unspecified atom stereocenters. The summed E-state index contributed by atoms with van der Waals surface area (Å²) in [7, 11) is 0. The Morgan fingerprint density at radius 1 is 1.21 bits per heavy atom. The molecule has 0 spiro atoms. The molecule has 4 heteroatoms. The van der Waals surface area contributed by atoms with Crippen LogP contribution in [0.25, 0.3) is 11.0 Å². The van der Waals surface area contributed by atoms with Crippen molar-refractivity contribution in [2.75, 3.05) is 12.5 Å². The minimum Gasteiger partial charge on any atom is -0.492 e. The molecule has 1 aromatic carbocycles. The molecule has 0 N–H and O–H groups in total. The van der Waals surface area contributed by atoms with Gasteiger partial charge in [-0.3, -0.25) is 0 Å². The Labute approximate surface area is 116 Å². The van der Waals surface area contributed by atoms with Crippen molar-refractivity contribution in [2.45, 2.75) is 25.7 Å². The molecule has 0 fully saturated rings. The Morgan fingerprint density at radius 3 is 2.79 bits per heavy atom. The predicted molar refractivity (Wildman–Crippen MR) is 75.3 cm³/mol. The van der Waals surface area contributed by atoms with Gasteiger partial charge in [0.2, 0.25) is 0 Å². The number of benzene rings is 1. The van der Waals surface area contributed by atoms with Crippen molar-refractivity contribution >= 4 is 22.6 Å². The van der Waals surface area contributed by atoms with Crippen LogP contribution in [-0.4, -0.2) is 12.5 Å². The molecule has 1 aromatic heterocycles. The third kappa shape index (κ3) is 2.35. The van der Waals surface area contributed by atoms with Crippen LogP contribution in [0, 0.1) is 0 Å². The molecule has 1 aliphatic rings. The summed E-state index contributed by atoms with van der Waals surface area (Å²) >= 11 is 5.59. The number of halogens is 1. The molecule has 0 saturated heterocycles. The highest BCUT2D eigenvalue weighted by atomic mass is 35.5. The van der Waals surface area contributed by atoms with Gasteiger partial charge >= 0.3 is 5.63 Å². The summed E-state index contributed by atoms with van der Waals surface area (Å²) in [5.74, 6) is 1.12. The fourth-order valence-corrected chi connectivity index (χ4v) is 2.75. The van der Waals surface area contributed by atoms with Crippen molar-refractivity contribution in [3.8, 4) is 5.75 Å². The van der Waals surface area contributed by atoms with E-state index in [-0.39, 0.29) is 5.63 Å². The van der Waals surface area contributed by atoms with Gasteiger partial charge in [0, 0.05) is 17.0 Å². The Hall–Kier alpha value is -1.48. The van der Waals surface area contributed by atoms with Crippen molar-refractivity contribution in [1.82, 2.24) is 0 Å². The molecule has 0 bridgehead atoms. The van der Waals surface area contributed by atoms with E-state index in [2.05, 4.69) is 0 Å². The first-order valence-electron chi connectivity index (χ1n) is 6.57. The molecule has 0 radical (unpaired) electrons. The van der Waals surface area contributed by atoms with E-state index in [0.717, 1.165) is 42.2 Å². The van der Waals surface area contributed by atoms with Crippen LogP contribution < -0.4 is 10.4 Å². The highest BCUT2D eigenvalue weighted by Crippen LogP contribution is 2.28. The van der Waals surface area contributed by atoms with E-state index in [1.165, 1.54) is 0 Å². The van der Waals surface area contributed by atoms with Gasteiger partial charge < -0.3 is 9.15 Å². The fraction of sp³-hybridized carbons (Fsp3) is 0.400. The van der Waals surface area contributed by atoms with Gasteiger partial charge in [-0.15, -0.1) is 11.6 Å². The fourth-order valence-electron chi connectivity index (χ4n) is 2.67. The Morgan fingerprint density at radius 2 is 2.00 bits per heavy atom. The second-order valence-corrected chi connectivity index (χ2v) is 5.13. The maximum Gasteiger partial charge on any atom is 0.339 e. The van der Waals surface area contributed by atoms with Gasteiger partial charge in [0.05, 0.1) is 5.88 Å². The van der Waals surface area contributed by atoms with Crippen molar-refractivity contribution in [1.29, 1.82) is 0 Å². The first-order chi connectivity index (χ1) is 9.29. The van der Waals surface area contributed by atoms with Gasteiger partial charge in [0.15, 0.2) is 0 Å². The number of alkyl halides is 1. The molecule has 3 nitrogen and oxygen atoms in total. The van der Waals surface area contributed by atoms with E-state index in [9.17, 15) is 4.79 Å². The van der Waals surface area contributed by atoms with Crippen LogP contribution in [-0.2, 0) is 12.8 Å². The van der Waals surface area contributed by atoms with Gasteiger partial charge in [-0.25, -0.2) is 4.79 Å². The quantitative estimate of drug-likeness (QED) is 0.639. The average Bonchev–Trinajstić information content (AvgIpc) is 2.45. The number of hydrogen-bond donors (Lipinski definition) is 0. The van der Waals surface area contributed by atoms with Crippen LogP contribution in [0.1, 0.15) is 24.0 Å². The number of hydrogen-bond acceptors (Lipinski definition) is 3. The van der Waals surface area contributed by atoms with Crippen molar-refractivity contribution in [3.05, 3.63) is 39.7 Å². The van der Waals surface area contributed by atoms with Crippen LogP contribution in [0.4, 0.5) is 0 Å². The van der Waals surface area contributed by atoms with E-state index in [1.54, 1.807) is 6.07 Å². The van der Waals surface area contributed by atoms with Crippen LogP contribution in [0.2, 0.25) is 0 Å². The molecular weight excluding hydrogens is 264 g/mol. The molecule has 0 amide bonds. The van der Waals surface area contributed by atoms with Crippen LogP contribution in [0.15, 0.2) is 27.4 Å². The van der Waals surface area contributed by atoms with Crippen molar-refractivity contribution in [3.63, 3.8) is 0 Å². The largest absolute Gasteiger partial charge is 0.492 e. The predicted octanol–water partition coefficient (Wildman–Crippen LogP) is 3.29. The molecule has 0 saturated carbocycles. The van der Waals surface area contributed by atoms with Gasteiger partial charge in [0.1, 0.15) is 17.9 Å². The van der Waals surface area contributed by atoms with Gasteiger partial charge in [-0.05, 0) is 43.4 Å². The first-order valence-corrected chi connectivity index (χ1v) is 7.10. The monoisotopic (exact) mass is 278 g/mol. The number of rotatable bonds is 3. The zero-order valence-corrected chi connectivity index (χ0v) is 11.3. The standard InChI is InChI=1S/C15H15ClO3/c16-7-8-18-10-5-6-12-11-3-1-2-4-13(11)15(17)19-14(12)9-10/h5-6,9H,1-4,7-8H2. The van der Waals surface area contributed by atoms with Gasteiger partial charge in [-0.2, -0.15) is 0 Å². The molecule has 0 atom stereocenters. The normalized spacial score (nSPS) is 14.4. The van der Waals surface area contributed by atoms with E-state index >= 15 is 0 Å². The molecule has 1 aliphatic carbocycles. The van der Waals surface area contributed by atoms with Crippen molar-refractivity contribution in [2.24, 2.45) is 0 Å². The van der Waals surface area contributed by atoms with E-state index < -0.39 is 0 Å². The van der Waals surface area contributed by atoms with Crippen LogP contribution >= 0.6 is 11.6 Å². The molecule has 100 valence electrons. The molecule has 1 heterocycles. The average molecular weight is 279 g/mol. The summed E-state index contributed by atoms with van der Waals surface area (Å²) in [4.78, 5) is 12.0. The summed E-state index contributed by atoms with van der Waals surface area (Å²) in [6, 6.07) is 5.66. The highest BCUT2D eigenvalue weighted by Gasteiger charge is 2.18. The Kier molecular flexibility index (Phi) is 3.47. The lowest BCUT2D eigenvalue weighted by Crippen LogP contribution is -2.15. The number of ether oxygens (including phenoxy) is 1. The smallest absolute Gasteiger partial charge is 0.339 e. The number of fused-ring (bicyclic) bond motifs is 3. The van der Waals surface area contributed by atoms with Gasteiger partial charge in [-0.1, -0.05) is 0 Å². The topological polar surface area (TPSA) is 39.4 Å².